The third kappa shape index (κ3) is 3.29. The van der Waals surface area contributed by atoms with Gasteiger partial charge in [0.1, 0.15) is 0 Å². The Morgan fingerprint density at radius 3 is 2.52 bits per heavy atom. The number of carbonyl (C=O) groups is 1. The van der Waals surface area contributed by atoms with Gasteiger partial charge in [-0.15, -0.1) is 0 Å². The molecule has 2 heterocycles. The van der Waals surface area contributed by atoms with Crippen molar-refractivity contribution in [2.75, 3.05) is 6.54 Å². The first-order valence-corrected chi connectivity index (χ1v) is 8.68. The molecule has 0 unspecified atom stereocenters. The highest BCUT2D eigenvalue weighted by Crippen LogP contribution is 2.31. The summed E-state index contributed by atoms with van der Waals surface area (Å²) < 4.78 is 5.51. The molecule has 0 aliphatic carbocycles. The van der Waals surface area contributed by atoms with E-state index in [-0.39, 0.29) is 11.6 Å². The molecule has 2 aromatic carbocycles. The van der Waals surface area contributed by atoms with Gasteiger partial charge in [0.15, 0.2) is 5.76 Å². The summed E-state index contributed by atoms with van der Waals surface area (Å²) in [5.74, 6) is 0.446. The minimum absolute atomic E-state index is 0.0449. The van der Waals surface area contributed by atoms with E-state index in [1.54, 1.807) is 17.0 Å². The minimum atomic E-state index is -0.489. The quantitative estimate of drug-likeness (QED) is 0.501. The molecule has 0 saturated heterocycles. The van der Waals surface area contributed by atoms with Crippen LogP contribution in [0.4, 0.5) is 5.69 Å². The van der Waals surface area contributed by atoms with Crippen LogP contribution in [-0.2, 0) is 13.0 Å². The number of hydrogen-bond acceptors (Lipinski definition) is 5. The van der Waals surface area contributed by atoms with E-state index < -0.39 is 4.92 Å². The first kappa shape index (κ1) is 17.2. The summed E-state index contributed by atoms with van der Waals surface area (Å²) in [5.41, 5.74) is 2.93. The van der Waals surface area contributed by atoms with Crippen LogP contribution in [0.25, 0.3) is 11.3 Å². The molecule has 0 N–H and O–H groups in total. The van der Waals surface area contributed by atoms with Gasteiger partial charge in [0, 0.05) is 46.8 Å². The molecule has 136 valence electrons. The van der Waals surface area contributed by atoms with Crippen molar-refractivity contribution in [1.29, 1.82) is 0 Å². The van der Waals surface area contributed by atoms with E-state index in [9.17, 15) is 14.9 Å². The number of nitro groups is 1. The normalized spacial score (nSPS) is 13.3. The zero-order valence-corrected chi connectivity index (χ0v) is 14.8. The number of non-ortho nitro benzene ring substituents is 1. The van der Waals surface area contributed by atoms with Crippen LogP contribution in [0.3, 0.4) is 0 Å². The molecule has 1 aromatic heterocycles. The van der Waals surface area contributed by atoms with Crippen molar-refractivity contribution in [2.45, 2.75) is 13.0 Å². The first-order chi connectivity index (χ1) is 13.0. The van der Waals surface area contributed by atoms with Crippen LogP contribution in [-0.4, -0.2) is 27.4 Å². The molecule has 0 atom stereocenters. The summed E-state index contributed by atoms with van der Waals surface area (Å²) in [7, 11) is 0. The summed E-state index contributed by atoms with van der Waals surface area (Å²) >= 11 is 5.94. The van der Waals surface area contributed by atoms with Crippen molar-refractivity contribution >= 4 is 23.2 Å². The van der Waals surface area contributed by atoms with Gasteiger partial charge in [0.05, 0.1) is 17.2 Å². The summed E-state index contributed by atoms with van der Waals surface area (Å²) in [6.45, 7) is 0.877. The van der Waals surface area contributed by atoms with Gasteiger partial charge in [-0.3, -0.25) is 14.9 Å². The lowest BCUT2D eigenvalue weighted by Crippen LogP contribution is -2.35. The van der Waals surface area contributed by atoms with Crippen molar-refractivity contribution in [3.05, 3.63) is 80.5 Å². The molecule has 1 aliphatic heterocycles. The maximum absolute atomic E-state index is 12.8. The fraction of sp³-hybridized carbons (Fsp3) is 0.158. The molecule has 0 fully saturated rings. The molecule has 8 heteroatoms. The second-order valence-electron chi connectivity index (χ2n) is 6.22. The number of halogens is 1. The van der Waals surface area contributed by atoms with E-state index in [0.717, 1.165) is 16.8 Å². The Kier molecular flexibility index (Phi) is 4.37. The van der Waals surface area contributed by atoms with Crippen molar-refractivity contribution in [2.24, 2.45) is 0 Å². The summed E-state index contributed by atoms with van der Waals surface area (Å²) in [6, 6.07) is 12.9. The Bertz CT molecular complexity index is 1010. The summed E-state index contributed by atoms with van der Waals surface area (Å²) in [6.07, 6.45) is 0.588. The molecule has 0 radical (unpaired) electrons. The van der Waals surface area contributed by atoms with Crippen LogP contribution in [0, 0.1) is 10.1 Å². The van der Waals surface area contributed by atoms with Gasteiger partial charge in [-0.1, -0.05) is 16.8 Å². The Morgan fingerprint density at radius 2 is 1.85 bits per heavy atom. The second-order valence-corrected chi connectivity index (χ2v) is 6.66. The molecule has 1 aliphatic rings. The molecular formula is C19H14ClN3O4. The Morgan fingerprint density at radius 1 is 1.15 bits per heavy atom. The number of nitro benzene ring substituents is 1. The van der Waals surface area contributed by atoms with Crippen molar-refractivity contribution < 1.29 is 14.2 Å². The van der Waals surface area contributed by atoms with Crippen molar-refractivity contribution in [3.63, 3.8) is 0 Å². The molecule has 0 spiro atoms. The Balaban J connectivity index is 1.59. The summed E-state index contributed by atoms with van der Waals surface area (Å²) in [5, 5.41) is 15.5. The van der Waals surface area contributed by atoms with Crippen LogP contribution in [0.5, 0.6) is 0 Å². The smallest absolute Gasteiger partial charge is 0.269 e. The van der Waals surface area contributed by atoms with Crippen LogP contribution in [0.15, 0.2) is 53.1 Å². The fourth-order valence-corrected chi connectivity index (χ4v) is 3.25. The zero-order valence-electron chi connectivity index (χ0n) is 14.1. The number of benzene rings is 2. The monoisotopic (exact) mass is 383 g/mol. The Labute approximate surface area is 159 Å². The highest BCUT2D eigenvalue weighted by atomic mass is 35.5. The topological polar surface area (TPSA) is 89.5 Å². The largest absolute Gasteiger partial charge is 0.356 e. The van der Waals surface area contributed by atoms with Crippen molar-refractivity contribution in [3.8, 4) is 11.3 Å². The predicted molar refractivity (Wildman–Crippen MR) is 98.5 cm³/mol. The van der Waals surface area contributed by atoms with Gasteiger partial charge in [0.25, 0.3) is 11.6 Å². The molecule has 0 saturated carbocycles. The second kappa shape index (κ2) is 6.85. The fourth-order valence-electron chi connectivity index (χ4n) is 3.12. The molecular weight excluding hydrogens is 370 g/mol. The molecule has 27 heavy (non-hydrogen) atoms. The number of hydrogen-bond donors (Lipinski definition) is 0. The van der Waals surface area contributed by atoms with Gasteiger partial charge in [-0.2, -0.15) is 0 Å². The van der Waals surface area contributed by atoms with E-state index >= 15 is 0 Å². The third-order valence-electron chi connectivity index (χ3n) is 4.56. The molecule has 4 rings (SSSR count). The molecule has 3 aromatic rings. The number of carbonyl (C=O) groups excluding carboxylic acids is 1. The Hall–Kier alpha value is -3.19. The number of fused-ring (bicyclic) bond motifs is 1. The highest BCUT2D eigenvalue weighted by Gasteiger charge is 2.28. The van der Waals surface area contributed by atoms with Crippen LogP contribution in [0.2, 0.25) is 5.02 Å². The SMILES string of the molecule is O=C(c1ccc([N+](=O)[O-])cc1)N1CCc2noc(-c3ccc(Cl)cc3)c2C1. The standard InChI is InChI=1S/C19H14ClN3O4/c20-14-5-1-12(2-6-14)18-16-11-22(10-9-17(16)21-27-18)19(24)13-3-7-15(8-4-13)23(25)26/h1-8H,9-11H2. The third-order valence-corrected chi connectivity index (χ3v) is 4.81. The van der Waals surface area contributed by atoms with Crippen LogP contribution < -0.4 is 0 Å². The first-order valence-electron chi connectivity index (χ1n) is 8.30. The lowest BCUT2D eigenvalue weighted by molar-refractivity contribution is -0.384. The van der Waals surface area contributed by atoms with Crippen LogP contribution >= 0.6 is 11.6 Å². The maximum Gasteiger partial charge on any atom is 0.269 e. The van der Waals surface area contributed by atoms with Crippen molar-refractivity contribution in [1.82, 2.24) is 10.1 Å². The molecule has 0 bridgehead atoms. The van der Waals surface area contributed by atoms with E-state index in [1.807, 2.05) is 12.1 Å². The highest BCUT2D eigenvalue weighted by molar-refractivity contribution is 6.30. The van der Waals surface area contributed by atoms with E-state index in [0.29, 0.717) is 35.9 Å². The molecule has 1 amide bonds. The van der Waals surface area contributed by atoms with E-state index in [2.05, 4.69) is 5.16 Å². The van der Waals surface area contributed by atoms with Crippen LogP contribution in [0.1, 0.15) is 21.6 Å². The van der Waals surface area contributed by atoms with Gasteiger partial charge >= 0.3 is 0 Å². The average Bonchev–Trinajstić information content (AvgIpc) is 3.11. The lowest BCUT2D eigenvalue weighted by atomic mass is 10.0. The van der Waals surface area contributed by atoms with Gasteiger partial charge < -0.3 is 9.42 Å². The van der Waals surface area contributed by atoms with E-state index in [4.69, 9.17) is 16.1 Å². The van der Waals surface area contributed by atoms with Gasteiger partial charge in [-0.05, 0) is 36.4 Å². The van der Waals surface area contributed by atoms with Gasteiger partial charge in [-0.25, -0.2) is 0 Å². The van der Waals surface area contributed by atoms with E-state index in [1.165, 1.54) is 24.3 Å². The summed E-state index contributed by atoms with van der Waals surface area (Å²) in [4.78, 5) is 24.8. The number of nitrogens with zero attached hydrogens (tertiary/aromatic N) is 3. The average molecular weight is 384 g/mol. The van der Waals surface area contributed by atoms with Gasteiger partial charge in [0.2, 0.25) is 0 Å². The predicted octanol–water partition coefficient (Wildman–Crippen LogP) is 4.10. The zero-order chi connectivity index (χ0) is 19.0. The number of rotatable bonds is 3. The number of aromatic nitrogens is 1. The minimum Gasteiger partial charge on any atom is -0.356 e. The molecule has 7 nitrogen and oxygen atoms in total. The maximum atomic E-state index is 12.8. The number of amides is 1. The lowest BCUT2D eigenvalue weighted by Gasteiger charge is -2.26.